The Balaban J connectivity index is 2.12. The first kappa shape index (κ1) is 13.3. The summed E-state index contributed by atoms with van der Waals surface area (Å²) in [5.74, 6) is 0. The van der Waals surface area contributed by atoms with E-state index < -0.39 is 0 Å². The fourth-order valence-corrected chi connectivity index (χ4v) is 2.23. The number of rotatable bonds is 3. The summed E-state index contributed by atoms with van der Waals surface area (Å²) in [7, 11) is 0. The first-order chi connectivity index (χ1) is 10.3. The molecular weight excluding hydrogens is 254 g/mol. The molecule has 0 unspecified atom stereocenters. The molecule has 0 aromatic heterocycles. The monoisotopic (exact) mass is 271 g/mol. The first-order valence-corrected chi connectivity index (χ1v) is 7.09. The largest absolute Gasteiger partial charge is 0.248 e. The van der Waals surface area contributed by atoms with Gasteiger partial charge in [0.15, 0.2) is 0 Å². The van der Waals surface area contributed by atoms with Crippen molar-refractivity contribution in [2.45, 2.75) is 6.92 Å². The van der Waals surface area contributed by atoms with Crippen LogP contribution < -0.4 is 0 Å². The lowest BCUT2D eigenvalue weighted by atomic mass is 10.0. The van der Waals surface area contributed by atoms with Gasteiger partial charge in [0.2, 0.25) is 0 Å². The third-order valence-corrected chi connectivity index (χ3v) is 3.37. The zero-order chi connectivity index (χ0) is 14.5. The van der Waals surface area contributed by atoms with Crippen LogP contribution in [0.5, 0.6) is 0 Å². The number of hydrogen-bond donors (Lipinski definition) is 0. The van der Waals surface area contributed by atoms with Gasteiger partial charge < -0.3 is 0 Å². The van der Waals surface area contributed by atoms with Crippen LogP contribution in [-0.2, 0) is 0 Å². The molecule has 0 bridgehead atoms. The Morgan fingerprint density at radius 1 is 0.619 bits per heavy atom. The van der Waals surface area contributed by atoms with Gasteiger partial charge >= 0.3 is 0 Å². The van der Waals surface area contributed by atoms with Crippen molar-refractivity contribution in [2.24, 2.45) is 4.99 Å². The van der Waals surface area contributed by atoms with E-state index in [-0.39, 0.29) is 0 Å². The van der Waals surface area contributed by atoms with E-state index in [1.54, 1.807) is 0 Å². The van der Waals surface area contributed by atoms with Crippen molar-refractivity contribution in [1.82, 2.24) is 0 Å². The summed E-state index contributed by atoms with van der Waals surface area (Å²) in [6, 6.07) is 28.9. The van der Waals surface area contributed by atoms with Gasteiger partial charge in [-0.05, 0) is 19.1 Å². The number of aryl methyl sites for hydroxylation is 1. The van der Waals surface area contributed by atoms with E-state index in [1.807, 2.05) is 48.5 Å². The Labute approximate surface area is 125 Å². The van der Waals surface area contributed by atoms with Gasteiger partial charge in [0.05, 0.1) is 11.4 Å². The SMILES string of the molecule is Cc1ccc(/C(=N/c2ccccc2)c2ccccc2)cc1. The summed E-state index contributed by atoms with van der Waals surface area (Å²) in [5.41, 5.74) is 5.49. The molecule has 3 rings (SSSR count). The van der Waals surface area contributed by atoms with Crippen LogP contribution in [0.15, 0.2) is 89.9 Å². The average molecular weight is 271 g/mol. The summed E-state index contributed by atoms with van der Waals surface area (Å²) < 4.78 is 0. The fourth-order valence-electron chi connectivity index (χ4n) is 2.23. The zero-order valence-electron chi connectivity index (χ0n) is 12.0. The van der Waals surface area contributed by atoms with Crippen molar-refractivity contribution in [1.29, 1.82) is 0 Å². The quantitative estimate of drug-likeness (QED) is 0.583. The third kappa shape index (κ3) is 3.26. The summed E-state index contributed by atoms with van der Waals surface area (Å²) in [4.78, 5) is 4.85. The lowest BCUT2D eigenvalue weighted by molar-refractivity contribution is 1.43. The number of para-hydroxylation sites is 1. The lowest BCUT2D eigenvalue weighted by Gasteiger charge is -2.08. The van der Waals surface area contributed by atoms with Crippen LogP contribution in [0.25, 0.3) is 0 Å². The van der Waals surface area contributed by atoms with E-state index in [1.165, 1.54) is 5.56 Å². The molecule has 0 aliphatic rings. The second-order valence-corrected chi connectivity index (χ2v) is 5.03. The van der Waals surface area contributed by atoms with Gasteiger partial charge in [0, 0.05) is 11.1 Å². The fraction of sp³-hybridized carbons (Fsp3) is 0.0500. The highest BCUT2D eigenvalue weighted by molar-refractivity contribution is 6.13. The van der Waals surface area contributed by atoms with Crippen molar-refractivity contribution >= 4 is 11.4 Å². The van der Waals surface area contributed by atoms with Crippen molar-refractivity contribution < 1.29 is 0 Å². The molecule has 21 heavy (non-hydrogen) atoms. The maximum atomic E-state index is 4.85. The predicted molar refractivity (Wildman–Crippen MR) is 89.4 cm³/mol. The Kier molecular flexibility index (Phi) is 3.92. The highest BCUT2D eigenvalue weighted by Crippen LogP contribution is 2.18. The smallest absolute Gasteiger partial charge is 0.0781 e. The molecule has 0 saturated carbocycles. The molecule has 0 N–H and O–H groups in total. The Morgan fingerprint density at radius 3 is 1.76 bits per heavy atom. The first-order valence-electron chi connectivity index (χ1n) is 7.09. The molecule has 1 nitrogen and oxygen atoms in total. The standard InChI is InChI=1S/C20H17N/c1-16-12-14-18(15-13-16)20(17-8-4-2-5-9-17)21-19-10-6-3-7-11-19/h2-15H,1H3/b21-20+. The Morgan fingerprint density at radius 2 is 1.14 bits per heavy atom. The highest BCUT2D eigenvalue weighted by Gasteiger charge is 2.06. The molecule has 0 atom stereocenters. The molecule has 3 aromatic rings. The molecule has 0 heterocycles. The molecule has 3 aromatic carbocycles. The molecule has 0 radical (unpaired) electrons. The molecule has 0 aliphatic carbocycles. The van der Waals surface area contributed by atoms with Crippen LogP contribution in [0.2, 0.25) is 0 Å². The minimum absolute atomic E-state index is 0.969. The van der Waals surface area contributed by atoms with Crippen LogP contribution >= 0.6 is 0 Å². The number of nitrogens with zero attached hydrogens (tertiary/aromatic N) is 1. The van der Waals surface area contributed by atoms with E-state index in [9.17, 15) is 0 Å². The minimum Gasteiger partial charge on any atom is -0.248 e. The van der Waals surface area contributed by atoms with Gasteiger partial charge in [-0.15, -0.1) is 0 Å². The molecular formula is C20H17N. The van der Waals surface area contributed by atoms with E-state index in [4.69, 9.17) is 4.99 Å². The Hall–Kier alpha value is -2.67. The van der Waals surface area contributed by atoms with E-state index in [0.717, 1.165) is 22.5 Å². The van der Waals surface area contributed by atoms with Crippen LogP contribution in [0.3, 0.4) is 0 Å². The van der Waals surface area contributed by atoms with Crippen LogP contribution in [0.4, 0.5) is 5.69 Å². The topological polar surface area (TPSA) is 12.4 Å². The van der Waals surface area contributed by atoms with Gasteiger partial charge in [-0.25, -0.2) is 4.99 Å². The third-order valence-electron chi connectivity index (χ3n) is 3.37. The number of benzene rings is 3. The summed E-state index contributed by atoms with van der Waals surface area (Å²) in [5, 5.41) is 0. The molecule has 0 aliphatic heterocycles. The average Bonchev–Trinajstić information content (AvgIpc) is 2.55. The van der Waals surface area contributed by atoms with Crippen molar-refractivity contribution in [2.75, 3.05) is 0 Å². The van der Waals surface area contributed by atoms with Gasteiger partial charge in [0.1, 0.15) is 0 Å². The van der Waals surface area contributed by atoms with Crippen molar-refractivity contribution in [3.05, 3.63) is 102 Å². The normalized spacial score (nSPS) is 11.4. The minimum atomic E-state index is 0.969. The van der Waals surface area contributed by atoms with Crippen LogP contribution in [-0.4, -0.2) is 5.71 Å². The lowest BCUT2D eigenvalue weighted by Crippen LogP contribution is -2.02. The second-order valence-electron chi connectivity index (χ2n) is 5.03. The van der Waals surface area contributed by atoms with Crippen LogP contribution in [0.1, 0.15) is 16.7 Å². The molecule has 0 amide bonds. The van der Waals surface area contributed by atoms with Crippen molar-refractivity contribution in [3.8, 4) is 0 Å². The van der Waals surface area contributed by atoms with Crippen molar-refractivity contribution in [3.63, 3.8) is 0 Å². The predicted octanol–water partition coefficient (Wildman–Crippen LogP) is 5.16. The molecule has 1 heteroatoms. The number of hydrogen-bond acceptors (Lipinski definition) is 1. The van der Waals surface area contributed by atoms with Gasteiger partial charge in [-0.1, -0.05) is 78.4 Å². The second kappa shape index (κ2) is 6.19. The van der Waals surface area contributed by atoms with Gasteiger partial charge in [-0.3, -0.25) is 0 Å². The molecule has 102 valence electrons. The van der Waals surface area contributed by atoms with E-state index in [2.05, 4.69) is 43.3 Å². The van der Waals surface area contributed by atoms with E-state index >= 15 is 0 Å². The van der Waals surface area contributed by atoms with Crippen LogP contribution in [0, 0.1) is 6.92 Å². The maximum Gasteiger partial charge on any atom is 0.0781 e. The summed E-state index contributed by atoms with van der Waals surface area (Å²) >= 11 is 0. The summed E-state index contributed by atoms with van der Waals surface area (Å²) in [6.07, 6.45) is 0. The zero-order valence-corrected chi connectivity index (χ0v) is 12.0. The highest BCUT2D eigenvalue weighted by atomic mass is 14.7. The van der Waals surface area contributed by atoms with Gasteiger partial charge in [-0.2, -0.15) is 0 Å². The maximum absolute atomic E-state index is 4.85. The van der Waals surface area contributed by atoms with Gasteiger partial charge in [0.25, 0.3) is 0 Å². The van der Waals surface area contributed by atoms with E-state index in [0.29, 0.717) is 0 Å². The molecule has 0 spiro atoms. The molecule has 0 fully saturated rings. The number of aliphatic imine (C=N–C) groups is 1. The Bertz CT molecular complexity index is 726. The summed E-state index contributed by atoms with van der Waals surface area (Å²) in [6.45, 7) is 2.10. The molecule has 0 saturated heterocycles.